The van der Waals surface area contributed by atoms with Crippen molar-refractivity contribution in [2.24, 2.45) is 0 Å². The standard InChI is InChI=1S/C24H20ClN3O4/c1-15-10-23(29)32-22-11-18(6-7-19(15)22)31-14-17-13-28(27-26-17)12-16-8-9-30-21-5-3-2-4-20(21)24(16)25/h2-7,10-11,13H,8-9,12,14H2,1H3. The summed E-state index contributed by atoms with van der Waals surface area (Å²) in [6, 6.07) is 14.7. The first-order chi connectivity index (χ1) is 15.6. The average Bonchev–Trinajstić information content (AvgIpc) is 3.17. The Labute approximate surface area is 188 Å². The number of aryl methyl sites for hydroxylation is 1. The normalized spacial score (nSPS) is 13.6. The molecule has 1 aliphatic rings. The largest absolute Gasteiger partial charge is 0.493 e. The highest BCUT2D eigenvalue weighted by Gasteiger charge is 2.17. The molecular formula is C24H20ClN3O4. The second kappa shape index (κ2) is 8.51. The highest BCUT2D eigenvalue weighted by Crippen LogP contribution is 2.35. The van der Waals surface area contributed by atoms with Crippen LogP contribution in [0.3, 0.4) is 0 Å². The van der Waals surface area contributed by atoms with Gasteiger partial charge in [0.1, 0.15) is 29.4 Å². The number of ether oxygens (including phenoxy) is 2. The van der Waals surface area contributed by atoms with Gasteiger partial charge in [0.15, 0.2) is 0 Å². The fraction of sp³-hybridized carbons (Fsp3) is 0.208. The number of para-hydroxylation sites is 1. The van der Waals surface area contributed by atoms with Gasteiger partial charge in [0.25, 0.3) is 0 Å². The van der Waals surface area contributed by atoms with E-state index in [9.17, 15) is 4.79 Å². The Balaban J connectivity index is 1.29. The lowest BCUT2D eigenvalue weighted by Gasteiger charge is -2.07. The lowest BCUT2D eigenvalue weighted by molar-refractivity contribution is 0.301. The molecule has 32 heavy (non-hydrogen) atoms. The molecule has 1 aliphatic heterocycles. The monoisotopic (exact) mass is 449 g/mol. The van der Waals surface area contributed by atoms with Crippen molar-refractivity contribution in [3.63, 3.8) is 0 Å². The van der Waals surface area contributed by atoms with E-state index in [0.29, 0.717) is 41.6 Å². The molecule has 0 saturated carbocycles. The summed E-state index contributed by atoms with van der Waals surface area (Å²) in [6.45, 7) is 3.19. The van der Waals surface area contributed by atoms with Crippen LogP contribution in [0.15, 0.2) is 69.5 Å². The molecule has 0 bridgehead atoms. The lowest BCUT2D eigenvalue weighted by Crippen LogP contribution is -2.05. The predicted octanol–water partition coefficient (Wildman–Crippen LogP) is 4.70. The van der Waals surface area contributed by atoms with Gasteiger partial charge < -0.3 is 13.9 Å². The summed E-state index contributed by atoms with van der Waals surface area (Å²) in [4.78, 5) is 11.6. The Hall–Kier alpha value is -3.58. The molecule has 0 saturated heterocycles. The summed E-state index contributed by atoms with van der Waals surface area (Å²) in [5.74, 6) is 1.38. The van der Waals surface area contributed by atoms with Crippen molar-refractivity contribution < 1.29 is 13.9 Å². The first-order valence-corrected chi connectivity index (χ1v) is 10.6. The second-order valence-electron chi connectivity index (χ2n) is 7.61. The maximum Gasteiger partial charge on any atom is 0.336 e. The van der Waals surface area contributed by atoms with Crippen LogP contribution in [-0.4, -0.2) is 21.6 Å². The van der Waals surface area contributed by atoms with Gasteiger partial charge in [-0.3, -0.25) is 0 Å². The molecule has 8 heteroatoms. The van der Waals surface area contributed by atoms with Gasteiger partial charge in [0.2, 0.25) is 0 Å². The van der Waals surface area contributed by atoms with Crippen LogP contribution in [0.2, 0.25) is 0 Å². The minimum Gasteiger partial charge on any atom is -0.493 e. The third-order valence-corrected chi connectivity index (χ3v) is 5.81. The molecule has 0 unspecified atom stereocenters. The Morgan fingerprint density at radius 1 is 1.19 bits per heavy atom. The van der Waals surface area contributed by atoms with Gasteiger partial charge >= 0.3 is 5.63 Å². The first kappa shape index (κ1) is 20.3. The highest BCUT2D eigenvalue weighted by molar-refractivity contribution is 6.49. The van der Waals surface area contributed by atoms with Crippen LogP contribution in [0.5, 0.6) is 11.5 Å². The number of rotatable bonds is 5. The summed E-state index contributed by atoms with van der Waals surface area (Å²) < 4.78 is 18.7. The summed E-state index contributed by atoms with van der Waals surface area (Å²) in [5, 5.41) is 9.98. The van der Waals surface area contributed by atoms with Gasteiger partial charge in [-0.05, 0) is 42.3 Å². The maximum atomic E-state index is 11.6. The van der Waals surface area contributed by atoms with E-state index in [1.54, 1.807) is 10.7 Å². The van der Waals surface area contributed by atoms with Gasteiger partial charge in [-0.2, -0.15) is 0 Å². The van der Waals surface area contributed by atoms with Crippen molar-refractivity contribution in [2.75, 3.05) is 6.61 Å². The number of nitrogens with zero attached hydrogens (tertiary/aromatic N) is 3. The second-order valence-corrected chi connectivity index (χ2v) is 7.99. The summed E-state index contributed by atoms with van der Waals surface area (Å²) in [7, 11) is 0. The van der Waals surface area contributed by atoms with Gasteiger partial charge in [0, 0.05) is 29.5 Å². The molecule has 2 aromatic carbocycles. The molecule has 0 radical (unpaired) electrons. The topological polar surface area (TPSA) is 79.4 Å². The molecular weight excluding hydrogens is 430 g/mol. The quantitative estimate of drug-likeness (QED) is 0.411. The van der Waals surface area contributed by atoms with Gasteiger partial charge in [0.05, 0.1) is 24.4 Å². The minimum atomic E-state index is -0.380. The van der Waals surface area contributed by atoms with Crippen molar-refractivity contribution >= 4 is 27.6 Å². The van der Waals surface area contributed by atoms with Crippen LogP contribution in [-0.2, 0) is 13.2 Å². The Morgan fingerprint density at radius 2 is 2.06 bits per heavy atom. The zero-order valence-electron chi connectivity index (χ0n) is 17.4. The van der Waals surface area contributed by atoms with Crippen LogP contribution in [0, 0.1) is 6.92 Å². The van der Waals surface area contributed by atoms with E-state index in [-0.39, 0.29) is 12.2 Å². The molecule has 4 aromatic rings. The molecule has 0 fully saturated rings. The van der Waals surface area contributed by atoms with Crippen molar-refractivity contribution in [2.45, 2.75) is 26.5 Å². The van der Waals surface area contributed by atoms with E-state index < -0.39 is 0 Å². The molecule has 0 atom stereocenters. The molecule has 5 rings (SSSR count). The first-order valence-electron chi connectivity index (χ1n) is 10.2. The van der Waals surface area contributed by atoms with Crippen molar-refractivity contribution in [3.8, 4) is 11.5 Å². The summed E-state index contributed by atoms with van der Waals surface area (Å²) in [5.41, 5.74) is 3.59. The van der Waals surface area contributed by atoms with Crippen LogP contribution in [0.4, 0.5) is 0 Å². The van der Waals surface area contributed by atoms with Gasteiger partial charge in [-0.25, -0.2) is 9.48 Å². The molecule has 0 amide bonds. The lowest BCUT2D eigenvalue weighted by atomic mass is 10.1. The Morgan fingerprint density at radius 3 is 2.97 bits per heavy atom. The number of halogens is 1. The molecule has 0 aliphatic carbocycles. The number of benzene rings is 2. The predicted molar refractivity (Wildman–Crippen MR) is 121 cm³/mol. The van der Waals surface area contributed by atoms with Crippen molar-refractivity contribution in [1.82, 2.24) is 15.0 Å². The molecule has 0 spiro atoms. The fourth-order valence-corrected chi connectivity index (χ4v) is 4.05. The molecule has 2 aromatic heterocycles. The maximum absolute atomic E-state index is 11.6. The molecule has 3 heterocycles. The molecule has 0 N–H and O–H groups in total. The van der Waals surface area contributed by atoms with Gasteiger partial charge in [-0.1, -0.05) is 28.9 Å². The number of hydrogen-bond donors (Lipinski definition) is 0. The van der Waals surface area contributed by atoms with E-state index in [1.807, 2.05) is 49.5 Å². The van der Waals surface area contributed by atoms with E-state index in [0.717, 1.165) is 27.8 Å². The molecule has 7 nitrogen and oxygen atoms in total. The third kappa shape index (κ3) is 4.11. The third-order valence-electron chi connectivity index (χ3n) is 5.34. The summed E-state index contributed by atoms with van der Waals surface area (Å²) >= 11 is 6.67. The molecule has 162 valence electrons. The van der Waals surface area contributed by atoms with E-state index in [4.69, 9.17) is 25.5 Å². The zero-order chi connectivity index (χ0) is 22.1. The van der Waals surface area contributed by atoms with Crippen LogP contribution in [0.25, 0.3) is 16.0 Å². The number of fused-ring (bicyclic) bond motifs is 2. The van der Waals surface area contributed by atoms with Crippen LogP contribution < -0.4 is 15.1 Å². The van der Waals surface area contributed by atoms with Crippen LogP contribution >= 0.6 is 11.6 Å². The minimum absolute atomic E-state index is 0.236. The fourth-order valence-electron chi connectivity index (χ4n) is 3.74. The Kier molecular flexibility index (Phi) is 5.41. The van der Waals surface area contributed by atoms with Crippen molar-refractivity contribution in [3.05, 3.63) is 87.5 Å². The number of hydrogen-bond acceptors (Lipinski definition) is 6. The van der Waals surface area contributed by atoms with E-state index in [2.05, 4.69) is 10.3 Å². The van der Waals surface area contributed by atoms with E-state index >= 15 is 0 Å². The Bertz CT molecular complexity index is 1390. The van der Waals surface area contributed by atoms with E-state index in [1.165, 1.54) is 6.07 Å². The highest BCUT2D eigenvalue weighted by atomic mass is 35.5. The zero-order valence-corrected chi connectivity index (χ0v) is 18.1. The average molecular weight is 450 g/mol. The summed E-state index contributed by atoms with van der Waals surface area (Å²) in [6.07, 6.45) is 2.54. The number of aromatic nitrogens is 3. The smallest absolute Gasteiger partial charge is 0.336 e. The van der Waals surface area contributed by atoms with Crippen molar-refractivity contribution in [1.29, 1.82) is 0 Å². The van der Waals surface area contributed by atoms with Gasteiger partial charge in [-0.15, -0.1) is 5.10 Å². The van der Waals surface area contributed by atoms with Crippen LogP contribution in [0.1, 0.15) is 23.2 Å². The SMILES string of the molecule is Cc1cc(=O)oc2cc(OCc3cn(CC4=C(Cl)c5ccccc5OCC4)nn3)ccc12.